The Labute approximate surface area is 86.5 Å². The fraction of sp³-hybridized carbons (Fsp3) is 0.556. The monoisotopic (exact) mass is 211 g/mol. The van der Waals surface area contributed by atoms with Crippen LogP contribution in [0.25, 0.3) is 0 Å². The molecule has 1 saturated carbocycles. The second-order valence-corrected chi connectivity index (χ2v) is 4.45. The van der Waals surface area contributed by atoms with E-state index >= 15 is 0 Å². The van der Waals surface area contributed by atoms with Gasteiger partial charge in [-0.25, -0.2) is 4.98 Å². The van der Waals surface area contributed by atoms with Gasteiger partial charge < -0.3 is 11.1 Å². The van der Waals surface area contributed by atoms with Gasteiger partial charge in [0.05, 0.1) is 16.7 Å². The molecular weight excluding hydrogens is 198 g/mol. The molecule has 4 nitrogen and oxygen atoms in total. The zero-order valence-electron chi connectivity index (χ0n) is 8.04. The lowest BCUT2D eigenvalue weighted by molar-refractivity contribution is -0.118. The molecule has 0 radical (unpaired) electrons. The summed E-state index contributed by atoms with van der Waals surface area (Å²) in [5, 5.41) is 3.68. The van der Waals surface area contributed by atoms with Gasteiger partial charge in [-0.1, -0.05) is 6.92 Å². The zero-order valence-corrected chi connectivity index (χ0v) is 8.86. The summed E-state index contributed by atoms with van der Waals surface area (Å²) in [6.45, 7) is 2.01. The third-order valence-corrected chi connectivity index (χ3v) is 3.23. The molecule has 1 aliphatic rings. The van der Waals surface area contributed by atoms with E-state index in [0.29, 0.717) is 0 Å². The number of aromatic nitrogens is 1. The molecule has 3 N–H and O–H groups in total. The summed E-state index contributed by atoms with van der Waals surface area (Å²) in [6, 6.07) is 0. The highest BCUT2D eigenvalue weighted by atomic mass is 32.1. The molecule has 0 unspecified atom stereocenters. The van der Waals surface area contributed by atoms with E-state index in [0.717, 1.165) is 30.0 Å². The van der Waals surface area contributed by atoms with Crippen molar-refractivity contribution < 1.29 is 4.79 Å². The van der Waals surface area contributed by atoms with E-state index in [2.05, 4.69) is 10.3 Å². The maximum atomic E-state index is 11.6. The molecule has 76 valence electrons. The van der Waals surface area contributed by atoms with Gasteiger partial charge in [0.15, 0.2) is 0 Å². The minimum absolute atomic E-state index is 0.0727. The molecule has 0 aromatic carbocycles. The maximum absolute atomic E-state index is 11.6. The van der Waals surface area contributed by atoms with Gasteiger partial charge in [0.25, 0.3) is 0 Å². The minimum atomic E-state index is -0.602. The van der Waals surface area contributed by atoms with E-state index in [9.17, 15) is 4.79 Å². The molecule has 1 heterocycles. The number of aryl methyl sites for hydroxylation is 1. The number of amides is 1. The van der Waals surface area contributed by atoms with Crippen molar-refractivity contribution >= 4 is 22.2 Å². The molecule has 1 aliphatic carbocycles. The summed E-state index contributed by atoms with van der Waals surface area (Å²) in [5.74, 6) is -0.0727. The van der Waals surface area contributed by atoms with E-state index in [4.69, 9.17) is 5.73 Å². The summed E-state index contributed by atoms with van der Waals surface area (Å²) < 4.78 is 0. The van der Waals surface area contributed by atoms with Gasteiger partial charge in [0.1, 0.15) is 5.00 Å². The van der Waals surface area contributed by atoms with E-state index in [1.807, 2.05) is 6.92 Å². The van der Waals surface area contributed by atoms with Crippen molar-refractivity contribution in [2.24, 2.45) is 5.73 Å². The number of nitrogens with two attached hydrogens (primary N) is 1. The summed E-state index contributed by atoms with van der Waals surface area (Å²) in [4.78, 5) is 15.8. The molecule has 0 aliphatic heterocycles. The predicted molar refractivity (Wildman–Crippen MR) is 56.3 cm³/mol. The van der Waals surface area contributed by atoms with E-state index < -0.39 is 5.54 Å². The Morgan fingerprint density at radius 3 is 3.07 bits per heavy atom. The van der Waals surface area contributed by atoms with Gasteiger partial charge in [-0.2, -0.15) is 0 Å². The van der Waals surface area contributed by atoms with Gasteiger partial charge in [0.2, 0.25) is 5.91 Å². The van der Waals surface area contributed by atoms with Gasteiger partial charge in [-0.15, -0.1) is 11.3 Å². The highest BCUT2D eigenvalue weighted by molar-refractivity contribution is 7.14. The van der Waals surface area contributed by atoms with Crippen LogP contribution in [0.1, 0.15) is 25.5 Å². The Kier molecular flexibility index (Phi) is 2.28. The fourth-order valence-corrected chi connectivity index (χ4v) is 1.98. The molecule has 1 aromatic rings. The van der Waals surface area contributed by atoms with Crippen LogP contribution >= 0.6 is 11.3 Å². The Morgan fingerprint density at radius 1 is 1.79 bits per heavy atom. The number of hydrogen-bond acceptors (Lipinski definition) is 4. The topological polar surface area (TPSA) is 68.0 Å². The van der Waals surface area contributed by atoms with E-state index in [1.165, 1.54) is 11.3 Å². The maximum Gasteiger partial charge on any atom is 0.245 e. The Balaban J connectivity index is 2.07. The quantitative estimate of drug-likeness (QED) is 0.787. The zero-order chi connectivity index (χ0) is 10.2. The second kappa shape index (κ2) is 3.33. The van der Waals surface area contributed by atoms with Crippen molar-refractivity contribution in [1.29, 1.82) is 0 Å². The summed E-state index contributed by atoms with van der Waals surface area (Å²) in [7, 11) is 0. The van der Waals surface area contributed by atoms with Crippen molar-refractivity contribution in [3.8, 4) is 0 Å². The SMILES string of the molecule is CCc1ncsc1NC(=O)C1(N)CC1. The number of hydrogen-bond donors (Lipinski definition) is 2. The van der Waals surface area contributed by atoms with Crippen LogP contribution in [-0.4, -0.2) is 16.4 Å². The summed E-state index contributed by atoms with van der Waals surface area (Å²) in [5.41, 5.74) is 7.85. The number of carbonyl (C=O) groups is 1. The van der Waals surface area contributed by atoms with Crippen LogP contribution in [0.3, 0.4) is 0 Å². The normalized spacial score (nSPS) is 17.9. The van der Waals surface area contributed by atoms with Crippen molar-refractivity contribution in [1.82, 2.24) is 4.98 Å². The minimum Gasteiger partial charge on any atom is -0.317 e. The second-order valence-electron chi connectivity index (χ2n) is 3.59. The number of nitrogens with zero attached hydrogens (tertiary/aromatic N) is 1. The lowest BCUT2D eigenvalue weighted by Crippen LogP contribution is -2.37. The van der Waals surface area contributed by atoms with Crippen LogP contribution in [0, 0.1) is 0 Å². The molecule has 1 fully saturated rings. The highest BCUT2D eigenvalue weighted by Gasteiger charge is 2.46. The number of anilines is 1. The molecule has 14 heavy (non-hydrogen) atoms. The molecule has 1 amide bonds. The van der Waals surface area contributed by atoms with Crippen molar-refractivity contribution in [2.45, 2.75) is 31.7 Å². The summed E-state index contributed by atoms with van der Waals surface area (Å²) >= 11 is 1.45. The van der Waals surface area contributed by atoms with Crippen LogP contribution in [0.5, 0.6) is 0 Å². The Bertz CT molecular complexity index is 357. The molecule has 2 rings (SSSR count). The fourth-order valence-electron chi connectivity index (χ4n) is 1.21. The van der Waals surface area contributed by atoms with Crippen molar-refractivity contribution in [2.75, 3.05) is 5.32 Å². The third kappa shape index (κ3) is 1.65. The first-order valence-corrected chi connectivity index (χ1v) is 5.56. The smallest absolute Gasteiger partial charge is 0.245 e. The van der Waals surface area contributed by atoms with Crippen LogP contribution in [0.2, 0.25) is 0 Å². The Hall–Kier alpha value is -0.940. The van der Waals surface area contributed by atoms with Crippen LogP contribution in [-0.2, 0) is 11.2 Å². The van der Waals surface area contributed by atoms with Gasteiger partial charge >= 0.3 is 0 Å². The molecule has 0 spiro atoms. The lowest BCUT2D eigenvalue weighted by Gasteiger charge is -2.08. The first-order chi connectivity index (χ1) is 6.65. The first-order valence-electron chi connectivity index (χ1n) is 4.68. The number of carbonyl (C=O) groups excluding carboxylic acids is 1. The number of nitrogens with one attached hydrogen (secondary N) is 1. The molecule has 0 bridgehead atoms. The lowest BCUT2D eigenvalue weighted by atomic mass is 10.2. The standard InChI is InChI=1S/C9H13N3OS/c1-2-6-7(14-5-11-6)12-8(13)9(10)3-4-9/h5H,2-4,10H2,1H3,(H,12,13). The number of rotatable bonds is 3. The molecule has 0 atom stereocenters. The largest absolute Gasteiger partial charge is 0.317 e. The van der Waals surface area contributed by atoms with Crippen LogP contribution < -0.4 is 11.1 Å². The van der Waals surface area contributed by atoms with Gasteiger partial charge in [-0.05, 0) is 19.3 Å². The highest BCUT2D eigenvalue weighted by Crippen LogP contribution is 2.34. The number of thiazole rings is 1. The third-order valence-electron chi connectivity index (χ3n) is 2.44. The van der Waals surface area contributed by atoms with Gasteiger partial charge in [-0.3, -0.25) is 4.79 Å². The molecule has 5 heteroatoms. The average Bonchev–Trinajstić information content (AvgIpc) is 2.78. The van der Waals surface area contributed by atoms with Crippen molar-refractivity contribution in [3.05, 3.63) is 11.2 Å². The molecular formula is C9H13N3OS. The van der Waals surface area contributed by atoms with E-state index in [-0.39, 0.29) is 5.91 Å². The first kappa shape index (κ1) is 9.61. The van der Waals surface area contributed by atoms with Crippen LogP contribution in [0.15, 0.2) is 5.51 Å². The Morgan fingerprint density at radius 2 is 2.50 bits per heavy atom. The average molecular weight is 211 g/mol. The molecule has 0 saturated heterocycles. The van der Waals surface area contributed by atoms with E-state index in [1.54, 1.807) is 5.51 Å². The predicted octanol–water partition coefficient (Wildman–Crippen LogP) is 1.14. The molecule has 1 aromatic heterocycles. The van der Waals surface area contributed by atoms with Crippen LogP contribution in [0.4, 0.5) is 5.00 Å². The van der Waals surface area contributed by atoms with Crippen molar-refractivity contribution in [3.63, 3.8) is 0 Å². The van der Waals surface area contributed by atoms with Gasteiger partial charge in [0, 0.05) is 0 Å². The summed E-state index contributed by atoms with van der Waals surface area (Å²) in [6.07, 6.45) is 2.41.